The summed E-state index contributed by atoms with van der Waals surface area (Å²) in [4.78, 5) is 0. The fourth-order valence-corrected chi connectivity index (χ4v) is 1.12. The Labute approximate surface area is 87.4 Å². The second-order valence-corrected chi connectivity index (χ2v) is 3.12. The van der Waals surface area contributed by atoms with Crippen LogP contribution in [0.5, 0.6) is 0 Å². The number of hydrogen-bond donors (Lipinski definition) is 0. The van der Waals surface area contributed by atoms with Gasteiger partial charge in [0, 0.05) is 6.08 Å². The molecule has 0 aromatic rings. The molecule has 0 aliphatic rings. The van der Waals surface area contributed by atoms with Gasteiger partial charge in [-0.15, -0.1) is 0 Å². The first-order valence-corrected chi connectivity index (χ1v) is 5.24. The third kappa shape index (κ3) is 10.7. The molecule has 0 saturated heterocycles. The van der Waals surface area contributed by atoms with Crippen LogP contribution in [0.4, 0.5) is 0 Å². The molecule has 14 heavy (non-hydrogen) atoms. The van der Waals surface area contributed by atoms with Gasteiger partial charge in [0.2, 0.25) is 0 Å². The molecule has 0 fully saturated rings. The van der Waals surface area contributed by atoms with Crippen molar-refractivity contribution in [1.29, 1.82) is 5.26 Å². The van der Waals surface area contributed by atoms with Crippen LogP contribution in [-0.2, 0) is 0 Å². The van der Waals surface area contributed by atoms with E-state index in [0.29, 0.717) is 0 Å². The van der Waals surface area contributed by atoms with Crippen molar-refractivity contribution in [2.75, 3.05) is 0 Å². The van der Waals surface area contributed by atoms with E-state index in [0.717, 1.165) is 12.8 Å². The van der Waals surface area contributed by atoms with Gasteiger partial charge in [-0.05, 0) is 32.6 Å². The smallest absolute Gasteiger partial charge is 0.0908 e. The summed E-state index contributed by atoms with van der Waals surface area (Å²) in [6.45, 7) is 2.02. The van der Waals surface area contributed by atoms with Gasteiger partial charge in [-0.25, -0.2) is 0 Å². The van der Waals surface area contributed by atoms with Crippen LogP contribution in [0.2, 0.25) is 0 Å². The quantitative estimate of drug-likeness (QED) is 0.335. The maximum atomic E-state index is 8.24. The maximum Gasteiger partial charge on any atom is 0.0908 e. The lowest BCUT2D eigenvalue weighted by atomic mass is 10.1. The van der Waals surface area contributed by atoms with Crippen LogP contribution in [0.25, 0.3) is 0 Å². The minimum absolute atomic E-state index is 1.03. The number of unbranched alkanes of at least 4 members (excludes halogenated alkanes) is 4. The lowest BCUT2D eigenvalue weighted by Crippen LogP contribution is -1.74. The van der Waals surface area contributed by atoms with Gasteiger partial charge >= 0.3 is 0 Å². The topological polar surface area (TPSA) is 23.8 Å². The normalized spacial score (nSPS) is 11.7. The number of nitrogens with zero attached hydrogens (tertiary/aromatic N) is 1. The van der Waals surface area contributed by atoms with Crippen LogP contribution in [-0.4, -0.2) is 0 Å². The summed E-state index contributed by atoms with van der Waals surface area (Å²) in [5.74, 6) is 0. The summed E-state index contributed by atoms with van der Waals surface area (Å²) in [6.07, 6.45) is 17.7. The predicted molar refractivity (Wildman–Crippen MR) is 61.8 cm³/mol. The highest BCUT2D eigenvalue weighted by atomic mass is 14.2. The van der Waals surface area contributed by atoms with Crippen molar-refractivity contribution in [3.63, 3.8) is 0 Å². The zero-order valence-corrected chi connectivity index (χ0v) is 8.95. The van der Waals surface area contributed by atoms with E-state index in [1.165, 1.54) is 19.3 Å². The van der Waals surface area contributed by atoms with E-state index in [1.807, 2.05) is 25.1 Å². The molecule has 1 heteroatoms. The third-order valence-electron chi connectivity index (χ3n) is 1.87. The molecule has 0 aromatic carbocycles. The van der Waals surface area contributed by atoms with Crippen molar-refractivity contribution in [1.82, 2.24) is 0 Å². The van der Waals surface area contributed by atoms with Crippen molar-refractivity contribution in [2.24, 2.45) is 0 Å². The second kappa shape index (κ2) is 11.7. The van der Waals surface area contributed by atoms with Crippen LogP contribution in [0, 0.1) is 11.3 Å². The fraction of sp³-hybridized carbons (Fsp3) is 0.462. The highest BCUT2D eigenvalue weighted by Gasteiger charge is 1.84. The molecule has 0 amide bonds. The van der Waals surface area contributed by atoms with Crippen molar-refractivity contribution >= 4 is 0 Å². The van der Waals surface area contributed by atoms with Crippen LogP contribution < -0.4 is 0 Å². The Balaban J connectivity index is 3.14. The highest BCUT2D eigenvalue weighted by Crippen LogP contribution is 2.04. The van der Waals surface area contributed by atoms with E-state index >= 15 is 0 Å². The summed E-state index contributed by atoms with van der Waals surface area (Å²) in [6, 6.07) is 1.99. The van der Waals surface area contributed by atoms with E-state index in [-0.39, 0.29) is 0 Å². The van der Waals surface area contributed by atoms with Crippen LogP contribution in [0.1, 0.15) is 39.0 Å². The van der Waals surface area contributed by atoms with Gasteiger partial charge in [0.15, 0.2) is 0 Å². The first kappa shape index (κ1) is 12.7. The fourth-order valence-electron chi connectivity index (χ4n) is 1.12. The van der Waals surface area contributed by atoms with Gasteiger partial charge < -0.3 is 0 Å². The van der Waals surface area contributed by atoms with E-state index in [4.69, 9.17) is 5.26 Å². The average molecular weight is 189 g/mol. The van der Waals surface area contributed by atoms with Crippen molar-refractivity contribution in [2.45, 2.75) is 39.0 Å². The summed E-state index contributed by atoms with van der Waals surface area (Å²) < 4.78 is 0. The summed E-state index contributed by atoms with van der Waals surface area (Å²) in [7, 11) is 0. The lowest BCUT2D eigenvalue weighted by molar-refractivity contribution is 0.696. The molecule has 0 aromatic heterocycles. The van der Waals surface area contributed by atoms with Crippen LogP contribution >= 0.6 is 0 Å². The van der Waals surface area contributed by atoms with Gasteiger partial charge in [-0.2, -0.15) is 5.26 Å². The molecule has 0 bridgehead atoms. The molecule has 1 nitrogen and oxygen atoms in total. The minimum atomic E-state index is 1.03. The van der Waals surface area contributed by atoms with Gasteiger partial charge in [0.25, 0.3) is 0 Å². The third-order valence-corrected chi connectivity index (χ3v) is 1.87. The van der Waals surface area contributed by atoms with Crippen molar-refractivity contribution in [3.8, 4) is 6.07 Å². The molecule has 0 unspecified atom stereocenters. The Morgan fingerprint density at radius 3 is 2.36 bits per heavy atom. The monoisotopic (exact) mass is 189 g/mol. The molecule has 76 valence electrons. The molecule has 0 rings (SSSR count). The van der Waals surface area contributed by atoms with E-state index in [9.17, 15) is 0 Å². The first-order valence-electron chi connectivity index (χ1n) is 5.24. The van der Waals surface area contributed by atoms with Gasteiger partial charge in [0.05, 0.1) is 6.07 Å². The summed E-state index contributed by atoms with van der Waals surface area (Å²) in [5.41, 5.74) is 0. The summed E-state index contributed by atoms with van der Waals surface area (Å²) >= 11 is 0. The maximum absolute atomic E-state index is 8.24. The number of rotatable bonds is 7. The zero-order valence-electron chi connectivity index (χ0n) is 8.95. The predicted octanol–water partition coefficient (Wildman–Crippen LogP) is 4.15. The molecule has 0 radical (unpaired) electrons. The molecule has 0 aliphatic carbocycles. The molecular formula is C13H19N. The molecule has 0 atom stereocenters. The molecular weight excluding hydrogens is 170 g/mol. The summed E-state index contributed by atoms with van der Waals surface area (Å²) in [5, 5.41) is 8.24. The first-order chi connectivity index (χ1) is 6.91. The SMILES string of the molecule is C/C=C/C=C/CCCCC/C=C/C#N. The van der Waals surface area contributed by atoms with E-state index in [2.05, 4.69) is 18.2 Å². The highest BCUT2D eigenvalue weighted by molar-refractivity contribution is 5.01. The number of hydrogen-bond acceptors (Lipinski definition) is 1. The van der Waals surface area contributed by atoms with Crippen LogP contribution in [0.15, 0.2) is 36.5 Å². The van der Waals surface area contributed by atoms with Crippen LogP contribution in [0.3, 0.4) is 0 Å². The van der Waals surface area contributed by atoms with E-state index < -0.39 is 0 Å². The van der Waals surface area contributed by atoms with Crippen molar-refractivity contribution in [3.05, 3.63) is 36.5 Å². The Kier molecular flexibility index (Phi) is 10.6. The lowest BCUT2D eigenvalue weighted by Gasteiger charge is -1.93. The van der Waals surface area contributed by atoms with Crippen molar-refractivity contribution < 1.29 is 0 Å². The molecule has 0 spiro atoms. The Bertz CT molecular complexity index is 228. The Morgan fingerprint density at radius 1 is 1.00 bits per heavy atom. The molecule has 0 saturated carbocycles. The minimum Gasteiger partial charge on any atom is -0.193 e. The van der Waals surface area contributed by atoms with Gasteiger partial charge in [-0.3, -0.25) is 0 Å². The Hall–Kier alpha value is -1.29. The molecule has 0 N–H and O–H groups in total. The number of nitriles is 1. The Morgan fingerprint density at radius 2 is 1.71 bits per heavy atom. The molecule has 0 heterocycles. The largest absolute Gasteiger partial charge is 0.193 e. The molecule has 0 aliphatic heterocycles. The second-order valence-electron chi connectivity index (χ2n) is 3.12. The van der Waals surface area contributed by atoms with Gasteiger partial charge in [-0.1, -0.05) is 36.8 Å². The zero-order chi connectivity index (χ0) is 10.5. The standard InChI is InChI=1S/C13H19N/c1-2-3-4-5-6-7-8-9-10-11-12-13-14/h2-5,11-12H,6-10H2,1H3/b3-2+,5-4+,12-11+. The van der Waals surface area contributed by atoms with Gasteiger partial charge in [0.1, 0.15) is 0 Å². The average Bonchev–Trinajstić information content (AvgIpc) is 2.21. The number of allylic oxidation sites excluding steroid dienone is 6. The van der Waals surface area contributed by atoms with E-state index in [1.54, 1.807) is 6.08 Å².